The van der Waals surface area contributed by atoms with E-state index in [1.165, 1.54) is 7.11 Å². The van der Waals surface area contributed by atoms with Crippen LogP contribution in [0, 0.1) is 5.41 Å². The van der Waals surface area contributed by atoms with E-state index < -0.39 is 0 Å². The molecule has 0 aromatic heterocycles. The van der Waals surface area contributed by atoms with Gasteiger partial charge in [0.05, 0.1) is 0 Å². The van der Waals surface area contributed by atoms with Crippen molar-refractivity contribution in [3.05, 3.63) is 0 Å². The first-order chi connectivity index (χ1) is 8.94. The summed E-state index contributed by atoms with van der Waals surface area (Å²) >= 11 is 0. The molecule has 0 aliphatic carbocycles. The lowest BCUT2D eigenvalue weighted by molar-refractivity contribution is -0.129. The van der Waals surface area contributed by atoms with Gasteiger partial charge in [-0.2, -0.15) is 0 Å². The minimum Gasteiger partial charge on any atom is -0.375 e. The van der Waals surface area contributed by atoms with Gasteiger partial charge in [-0.1, -0.05) is 20.8 Å². The average molecular weight is 272 g/mol. The summed E-state index contributed by atoms with van der Waals surface area (Å²) in [4.78, 5) is 22.8. The second-order valence-corrected chi connectivity index (χ2v) is 5.34. The third-order valence-electron chi connectivity index (χ3n) is 3.24. The van der Waals surface area contributed by atoms with Crippen LogP contribution in [0.5, 0.6) is 0 Å². The highest BCUT2D eigenvalue weighted by molar-refractivity contribution is 5.81. The summed E-state index contributed by atoms with van der Waals surface area (Å²) in [5.74, 6) is 0.0314. The standard InChI is InChI=1S/C14H28N2O3/c1-5-14(2,3)13(18)16-10-8-6-7-9-15-12(17)11-19-4/h5-11H2,1-4H3,(H,15,17)(H,16,18). The lowest BCUT2D eigenvalue weighted by atomic mass is 9.89. The Kier molecular flexibility index (Phi) is 9.21. The number of hydrogen-bond acceptors (Lipinski definition) is 3. The van der Waals surface area contributed by atoms with E-state index in [4.69, 9.17) is 4.74 Å². The van der Waals surface area contributed by atoms with Crippen LogP contribution in [-0.2, 0) is 14.3 Å². The van der Waals surface area contributed by atoms with Gasteiger partial charge in [0.1, 0.15) is 6.61 Å². The Balaban J connectivity index is 3.46. The Hall–Kier alpha value is -1.10. The molecule has 0 atom stereocenters. The second kappa shape index (κ2) is 9.78. The normalized spacial score (nSPS) is 11.2. The average Bonchev–Trinajstić information content (AvgIpc) is 2.37. The third kappa shape index (κ3) is 8.59. The van der Waals surface area contributed by atoms with Crippen LogP contribution >= 0.6 is 0 Å². The first-order valence-electron chi connectivity index (χ1n) is 6.98. The molecule has 0 aromatic carbocycles. The zero-order chi connectivity index (χ0) is 14.7. The van der Waals surface area contributed by atoms with E-state index >= 15 is 0 Å². The summed E-state index contributed by atoms with van der Waals surface area (Å²) in [5.41, 5.74) is -0.284. The van der Waals surface area contributed by atoms with Gasteiger partial charge < -0.3 is 15.4 Å². The lowest BCUT2D eigenvalue weighted by Crippen LogP contribution is -2.37. The van der Waals surface area contributed by atoms with Gasteiger partial charge in [-0.3, -0.25) is 9.59 Å². The molecule has 2 amide bonds. The number of hydrogen-bond donors (Lipinski definition) is 2. The minimum absolute atomic E-state index is 0.0829. The van der Waals surface area contributed by atoms with Crippen LogP contribution in [0.1, 0.15) is 46.5 Å². The fraction of sp³-hybridized carbons (Fsp3) is 0.857. The molecule has 0 aliphatic rings. The Morgan fingerprint density at radius 1 is 1.05 bits per heavy atom. The maximum Gasteiger partial charge on any atom is 0.245 e. The van der Waals surface area contributed by atoms with Crippen molar-refractivity contribution in [2.24, 2.45) is 5.41 Å². The van der Waals surface area contributed by atoms with Crippen LogP contribution in [0.3, 0.4) is 0 Å². The molecule has 0 aromatic rings. The molecular formula is C14H28N2O3. The van der Waals surface area contributed by atoms with Crippen LogP contribution in [0.15, 0.2) is 0 Å². The van der Waals surface area contributed by atoms with Gasteiger partial charge in [-0.15, -0.1) is 0 Å². The number of ether oxygens (including phenoxy) is 1. The Morgan fingerprint density at radius 3 is 2.16 bits per heavy atom. The summed E-state index contributed by atoms with van der Waals surface area (Å²) in [6.07, 6.45) is 3.68. The van der Waals surface area contributed by atoms with Crippen molar-refractivity contribution in [1.82, 2.24) is 10.6 Å². The van der Waals surface area contributed by atoms with Crippen LogP contribution < -0.4 is 10.6 Å². The number of amides is 2. The van der Waals surface area contributed by atoms with Crippen LogP contribution in [0.4, 0.5) is 0 Å². The van der Waals surface area contributed by atoms with Crippen LogP contribution in [0.25, 0.3) is 0 Å². The Labute approximate surface area is 116 Å². The highest BCUT2D eigenvalue weighted by atomic mass is 16.5. The Bertz CT molecular complexity index is 278. The third-order valence-corrected chi connectivity index (χ3v) is 3.24. The number of unbranched alkanes of at least 4 members (excludes halogenated alkanes) is 2. The fourth-order valence-electron chi connectivity index (χ4n) is 1.44. The molecule has 112 valence electrons. The largest absolute Gasteiger partial charge is 0.375 e. The minimum atomic E-state index is -0.284. The van der Waals surface area contributed by atoms with Gasteiger partial charge in [0.25, 0.3) is 0 Å². The zero-order valence-corrected chi connectivity index (χ0v) is 12.7. The topological polar surface area (TPSA) is 67.4 Å². The maximum absolute atomic E-state index is 11.8. The van der Waals surface area contributed by atoms with Crippen molar-refractivity contribution in [1.29, 1.82) is 0 Å². The monoisotopic (exact) mass is 272 g/mol. The molecule has 5 heteroatoms. The molecule has 0 unspecified atom stereocenters. The molecule has 0 bridgehead atoms. The van der Waals surface area contributed by atoms with Gasteiger partial charge in [0.15, 0.2) is 0 Å². The summed E-state index contributed by atoms with van der Waals surface area (Å²) in [6, 6.07) is 0. The molecule has 19 heavy (non-hydrogen) atoms. The zero-order valence-electron chi connectivity index (χ0n) is 12.7. The van der Waals surface area contributed by atoms with E-state index in [1.807, 2.05) is 20.8 Å². The molecule has 0 heterocycles. The predicted molar refractivity (Wildman–Crippen MR) is 75.8 cm³/mol. The Morgan fingerprint density at radius 2 is 1.63 bits per heavy atom. The summed E-state index contributed by atoms with van der Waals surface area (Å²) in [6.45, 7) is 7.40. The molecule has 0 aliphatic heterocycles. The van der Waals surface area contributed by atoms with Crippen molar-refractivity contribution in [3.63, 3.8) is 0 Å². The summed E-state index contributed by atoms with van der Waals surface area (Å²) in [5, 5.41) is 5.71. The van der Waals surface area contributed by atoms with Gasteiger partial charge in [0, 0.05) is 25.6 Å². The molecule has 0 fully saturated rings. The van der Waals surface area contributed by atoms with E-state index in [2.05, 4.69) is 10.6 Å². The molecule has 0 saturated carbocycles. The SMILES string of the molecule is CCC(C)(C)C(=O)NCCCCCNC(=O)COC. The molecular weight excluding hydrogens is 244 g/mol. The van der Waals surface area contributed by atoms with E-state index in [-0.39, 0.29) is 23.8 Å². The van der Waals surface area contributed by atoms with Gasteiger partial charge >= 0.3 is 0 Å². The number of methoxy groups -OCH3 is 1. The first kappa shape index (κ1) is 17.9. The first-order valence-corrected chi connectivity index (χ1v) is 6.98. The van der Waals surface area contributed by atoms with Crippen molar-refractivity contribution in [2.45, 2.75) is 46.5 Å². The van der Waals surface area contributed by atoms with E-state index in [9.17, 15) is 9.59 Å². The number of carbonyl (C=O) groups is 2. The number of nitrogens with one attached hydrogen (secondary N) is 2. The molecule has 0 spiro atoms. The fourth-order valence-corrected chi connectivity index (χ4v) is 1.44. The van der Waals surface area contributed by atoms with Crippen molar-refractivity contribution >= 4 is 11.8 Å². The van der Waals surface area contributed by atoms with Gasteiger partial charge in [-0.05, 0) is 25.7 Å². The number of carbonyl (C=O) groups excluding carboxylic acids is 2. The highest BCUT2D eigenvalue weighted by Gasteiger charge is 2.24. The number of rotatable bonds is 10. The summed E-state index contributed by atoms with van der Waals surface area (Å²) in [7, 11) is 1.50. The smallest absolute Gasteiger partial charge is 0.245 e. The highest BCUT2D eigenvalue weighted by Crippen LogP contribution is 2.19. The molecule has 0 radical (unpaired) electrons. The van der Waals surface area contributed by atoms with Crippen molar-refractivity contribution in [3.8, 4) is 0 Å². The van der Waals surface area contributed by atoms with Crippen molar-refractivity contribution < 1.29 is 14.3 Å². The summed E-state index contributed by atoms with van der Waals surface area (Å²) < 4.78 is 4.71. The maximum atomic E-state index is 11.8. The van der Waals surface area contributed by atoms with E-state index in [0.717, 1.165) is 25.7 Å². The van der Waals surface area contributed by atoms with Crippen LogP contribution in [-0.4, -0.2) is 38.6 Å². The molecule has 5 nitrogen and oxygen atoms in total. The van der Waals surface area contributed by atoms with Gasteiger partial charge in [0.2, 0.25) is 11.8 Å². The van der Waals surface area contributed by atoms with Crippen molar-refractivity contribution in [2.75, 3.05) is 26.8 Å². The second-order valence-electron chi connectivity index (χ2n) is 5.34. The van der Waals surface area contributed by atoms with E-state index in [0.29, 0.717) is 13.1 Å². The van der Waals surface area contributed by atoms with Crippen LogP contribution in [0.2, 0.25) is 0 Å². The van der Waals surface area contributed by atoms with Gasteiger partial charge in [-0.25, -0.2) is 0 Å². The van der Waals surface area contributed by atoms with E-state index in [1.54, 1.807) is 0 Å². The molecule has 0 rings (SSSR count). The predicted octanol–water partition coefficient (Wildman–Crippen LogP) is 1.47. The molecule has 2 N–H and O–H groups in total. The lowest BCUT2D eigenvalue weighted by Gasteiger charge is -2.21. The molecule has 0 saturated heterocycles. The quantitative estimate of drug-likeness (QED) is 0.592.